The standard InChI is InChI=1S/C16H17N3O2/c1-20-15-5-12(6-16(7-15)21-2)10-19-4-3-13(11-19)14(8-17)9-18/h5-7H,3-4,10-11H2,1-2H3. The normalized spacial score (nSPS) is 14.4. The summed E-state index contributed by atoms with van der Waals surface area (Å²) in [5, 5.41) is 17.8. The summed E-state index contributed by atoms with van der Waals surface area (Å²) in [4.78, 5) is 2.21. The maximum Gasteiger partial charge on any atom is 0.130 e. The van der Waals surface area contributed by atoms with Crippen LogP contribution in [0.15, 0.2) is 29.3 Å². The Bertz CT molecular complexity index is 600. The molecule has 1 aromatic carbocycles. The van der Waals surface area contributed by atoms with Crippen molar-refractivity contribution in [1.29, 1.82) is 10.5 Å². The highest BCUT2D eigenvalue weighted by molar-refractivity contribution is 5.42. The van der Waals surface area contributed by atoms with Gasteiger partial charge in [0.15, 0.2) is 0 Å². The predicted molar refractivity (Wildman–Crippen MR) is 77.7 cm³/mol. The van der Waals surface area contributed by atoms with E-state index in [-0.39, 0.29) is 5.57 Å². The van der Waals surface area contributed by atoms with Crippen LogP contribution in [0.25, 0.3) is 0 Å². The minimum atomic E-state index is 0.251. The molecule has 1 aliphatic heterocycles. The monoisotopic (exact) mass is 283 g/mol. The molecule has 5 heteroatoms. The zero-order chi connectivity index (χ0) is 15.2. The van der Waals surface area contributed by atoms with Crippen molar-refractivity contribution in [2.24, 2.45) is 0 Å². The number of nitrogens with zero attached hydrogens (tertiary/aromatic N) is 3. The SMILES string of the molecule is COc1cc(CN2CCC(=C(C#N)C#N)C2)cc(OC)c1. The van der Waals surface area contributed by atoms with Crippen molar-refractivity contribution >= 4 is 0 Å². The van der Waals surface area contributed by atoms with Crippen molar-refractivity contribution < 1.29 is 9.47 Å². The van der Waals surface area contributed by atoms with Crippen molar-refractivity contribution in [1.82, 2.24) is 4.90 Å². The van der Waals surface area contributed by atoms with E-state index < -0.39 is 0 Å². The molecular formula is C16H17N3O2. The molecule has 1 fully saturated rings. The largest absolute Gasteiger partial charge is 0.497 e. The van der Waals surface area contributed by atoms with Gasteiger partial charge in [-0.1, -0.05) is 0 Å². The number of methoxy groups -OCH3 is 2. The molecule has 2 rings (SSSR count). The fourth-order valence-electron chi connectivity index (χ4n) is 2.46. The molecule has 0 aliphatic carbocycles. The first-order chi connectivity index (χ1) is 10.2. The summed E-state index contributed by atoms with van der Waals surface area (Å²) in [6, 6.07) is 9.71. The van der Waals surface area contributed by atoms with Gasteiger partial charge in [0, 0.05) is 25.7 Å². The molecule has 108 valence electrons. The molecule has 0 aromatic heterocycles. The van der Waals surface area contributed by atoms with Gasteiger partial charge in [-0.15, -0.1) is 0 Å². The number of ether oxygens (including phenoxy) is 2. The van der Waals surface area contributed by atoms with Crippen molar-refractivity contribution in [3.8, 4) is 23.6 Å². The first-order valence-corrected chi connectivity index (χ1v) is 6.66. The summed E-state index contributed by atoms with van der Waals surface area (Å²) in [5.74, 6) is 1.52. The molecule has 0 radical (unpaired) electrons. The van der Waals surface area contributed by atoms with Gasteiger partial charge in [0.1, 0.15) is 29.2 Å². The fraction of sp³-hybridized carbons (Fsp3) is 0.375. The van der Waals surface area contributed by atoms with E-state index in [1.54, 1.807) is 14.2 Å². The Balaban J connectivity index is 2.12. The van der Waals surface area contributed by atoms with Gasteiger partial charge in [0.25, 0.3) is 0 Å². The summed E-state index contributed by atoms with van der Waals surface area (Å²) in [7, 11) is 3.25. The highest BCUT2D eigenvalue weighted by Crippen LogP contribution is 2.26. The molecule has 0 bridgehead atoms. The van der Waals surface area contributed by atoms with Crippen LogP contribution in [0.4, 0.5) is 0 Å². The van der Waals surface area contributed by atoms with Crippen LogP contribution in [-0.2, 0) is 6.54 Å². The third-order valence-corrected chi connectivity index (χ3v) is 3.54. The van der Waals surface area contributed by atoms with Gasteiger partial charge in [0.2, 0.25) is 0 Å². The first-order valence-electron chi connectivity index (χ1n) is 6.66. The Morgan fingerprint density at radius 3 is 2.29 bits per heavy atom. The molecule has 1 heterocycles. The molecule has 1 saturated heterocycles. The molecule has 0 amide bonds. The molecule has 5 nitrogen and oxygen atoms in total. The van der Waals surface area contributed by atoms with Gasteiger partial charge >= 0.3 is 0 Å². The van der Waals surface area contributed by atoms with Crippen LogP contribution in [-0.4, -0.2) is 32.2 Å². The van der Waals surface area contributed by atoms with Gasteiger partial charge in [-0.05, 0) is 29.7 Å². The van der Waals surface area contributed by atoms with Crippen LogP contribution in [0, 0.1) is 22.7 Å². The summed E-state index contributed by atoms with van der Waals surface area (Å²) < 4.78 is 10.5. The fourth-order valence-corrected chi connectivity index (χ4v) is 2.46. The van der Waals surface area contributed by atoms with Crippen molar-refractivity contribution in [3.63, 3.8) is 0 Å². The van der Waals surface area contributed by atoms with Gasteiger partial charge in [-0.25, -0.2) is 0 Å². The predicted octanol–water partition coefficient (Wildman–Crippen LogP) is 2.25. The van der Waals surface area contributed by atoms with Gasteiger partial charge in [-0.3, -0.25) is 4.90 Å². The summed E-state index contributed by atoms with van der Waals surface area (Å²) in [6.07, 6.45) is 0.775. The summed E-state index contributed by atoms with van der Waals surface area (Å²) >= 11 is 0. The second-order valence-electron chi connectivity index (χ2n) is 4.88. The highest BCUT2D eigenvalue weighted by Gasteiger charge is 2.20. The Morgan fingerprint density at radius 2 is 1.76 bits per heavy atom. The van der Waals surface area contributed by atoms with E-state index in [2.05, 4.69) is 4.90 Å². The first kappa shape index (κ1) is 14.9. The van der Waals surface area contributed by atoms with Gasteiger partial charge < -0.3 is 9.47 Å². The number of hydrogen-bond donors (Lipinski definition) is 0. The average Bonchev–Trinajstić information content (AvgIpc) is 2.96. The Hall–Kier alpha value is -2.50. The van der Waals surface area contributed by atoms with Crippen LogP contribution in [0.5, 0.6) is 11.5 Å². The van der Waals surface area contributed by atoms with Crippen LogP contribution in [0.2, 0.25) is 0 Å². The topological polar surface area (TPSA) is 69.3 Å². The molecule has 1 aliphatic rings. The van der Waals surface area contributed by atoms with Crippen LogP contribution >= 0.6 is 0 Å². The van der Waals surface area contributed by atoms with E-state index in [0.717, 1.165) is 42.1 Å². The quantitative estimate of drug-likeness (QED) is 0.793. The molecule has 0 saturated carbocycles. The van der Waals surface area contributed by atoms with E-state index in [9.17, 15) is 0 Å². The molecule has 1 aromatic rings. The summed E-state index contributed by atoms with van der Waals surface area (Å²) in [5.41, 5.74) is 2.26. The minimum Gasteiger partial charge on any atom is -0.497 e. The van der Waals surface area contributed by atoms with Crippen LogP contribution in [0.1, 0.15) is 12.0 Å². The third-order valence-electron chi connectivity index (χ3n) is 3.54. The number of hydrogen-bond acceptors (Lipinski definition) is 5. The zero-order valence-corrected chi connectivity index (χ0v) is 12.2. The Morgan fingerprint density at radius 1 is 1.14 bits per heavy atom. The second kappa shape index (κ2) is 6.78. The van der Waals surface area contributed by atoms with E-state index in [0.29, 0.717) is 6.54 Å². The second-order valence-corrected chi connectivity index (χ2v) is 4.88. The molecule has 0 spiro atoms. The number of nitriles is 2. The number of benzene rings is 1. The average molecular weight is 283 g/mol. The number of likely N-dealkylation sites (tertiary alicyclic amines) is 1. The highest BCUT2D eigenvalue weighted by atomic mass is 16.5. The summed E-state index contributed by atoms with van der Waals surface area (Å²) in [6.45, 7) is 2.25. The lowest BCUT2D eigenvalue weighted by atomic mass is 10.1. The Labute approximate surface area is 124 Å². The molecule has 0 unspecified atom stereocenters. The zero-order valence-electron chi connectivity index (χ0n) is 12.2. The van der Waals surface area contributed by atoms with E-state index >= 15 is 0 Å². The van der Waals surface area contributed by atoms with Crippen LogP contribution in [0.3, 0.4) is 0 Å². The van der Waals surface area contributed by atoms with Gasteiger partial charge in [0.05, 0.1) is 14.2 Å². The third kappa shape index (κ3) is 3.53. The molecule has 0 N–H and O–H groups in total. The number of allylic oxidation sites excluding steroid dienone is 1. The van der Waals surface area contributed by atoms with E-state index in [1.165, 1.54) is 0 Å². The van der Waals surface area contributed by atoms with Gasteiger partial charge in [-0.2, -0.15) is 10.5 Å². The lowest BCUT2D eigenvalue weighted by molar-refractivity contribution is 0.334. The maximum atomic E-state index is 8.92. The number of rotatable bonds is 4. The minimum absolute atomic E-state index is 0.251. The Kier molecular flexibility index (Phi) is 4.81. The molecule has 0 atom stereocenters. The maximum absolute atomic E-state index is 8.92. The molecular weight excluding hydrogens is 266 g/mol. The van der Waals surface area contributed by atoms with Crippen molar-refractivity contribution in [2.75, 3.05) is 27.3 Å². The lowest BCUT2D eigenvalue weighted by Gasteiger charge is -2.16. The van der Waals surface area contributed by atoms with Crippen molar-refractivity contribution in [3.05, 3.63) is 34.9 Å². The van der Waals surface area contributed by atoms with Crippen molar-refractivity contribution in [2.45, 2.75) is 13.0 Å². The van der Waals surface area contributed by atoms with E-state index in [4.69, 9.17) is 20.0 Å². The lowest BCUT2D eigenvalue weighted by Crippen LogP contribution is -2.18. The van der Waals surface area contributed by atoms with Crippen LogP contribution < -0.4 is 9.47 Å². The molecule has 21 heavy (non-hydrogen) atoms. The van der Waals surface area contributed by atoms with E-state index in [1.807, 2.05) is 30.3 Å². The smallest absolute Gasteiger partial charge is 0.130 e.